The molecule has 0 aromatic heterocycles. The second-order valence-electron chi connectivity index (χ2n) is 4.98. The van der Waals surface area contributed by atoms with E-state index in [1.807, 2.05) is 0 Å². The Bertz CT molecular complexity index is 1100. The van der Waals surface area contributed by atoms with Gasteiger partial charge in [-0.05, 0) is 36.1 Å². The van der Waals surface area contributed by atoms with Gasteiger partial charge in [-0.15, -0.1) is 0 Å². The fourth-order valence-corrected chi connectivity index (χ4v) is 3.86. The number of nitrogens with two attached hydrogens (primary N) is 1. The molecule has 0 fully saturated rings. The molecule has 2 aromatic carbocycles. The predicted molar refractivity (Wildman–Crippen MR) is 88.1 cm³/mol. The third kappa shape index (κ3) is 3.04. The quantitative estimate of drug-likeness (QED) is 0.417. The summed E-state index contributed by atoms with van der Waals surface area (Å²) < 4.78 is 64.7. The smallest absolute Gasteiger partial charge is 0.295 e. The maximum absolute atomic E-state index is 11.8. The molecule has 0 atom stereocenters. The van der Waals surface area contributed by atoms with Crippen LogP contribution in [0.3, 0.4) is 0 Å². The van der Waals surface area contributed by atoms with Crippen LogP contribution in [-0.4, -0.2) is 31.7 Å². The number of hydrogen-bond donors (Lipinski definition) is 3. The van der Waals surface area contributed by atoms with Crippen LogP contribution < -0.4 is 5.73 Å². The molecule has 10 heteroatoms. The first-order valence-electron chi connectivity index (χ1n) is 6.36. The van der Waals surface area contributed by atoms with Gasteiger partial charge in [0.1, 0.15) is 4.90 Å². The first kappa shape index (κ1) is 18.1. The van der Waals surface area contributed by atoms with Crippen molar-refractivity contribution >= 4 is 48.6 Å². The molecule has 8 nitrogen and oxygen atoms in total. The lowest BCUT2D eigenvalue weighted by Crippen LogP contribution is -2.08. The second kappa shape index (κ2) is 5.67. The van der Waals surface area contributed by atoms with Crippen molar-refractivity contribution in [2.24, 2.45) is 0 Å². The van der Waals surface area contributed by atoms with E-state index >= 15 is 0 Å². The van der Waals surface area contributed by atoms with E-state index in [0.717, 1.165) is 6.07 Å². The van der Waals surface area contributed by atoms with E-state index in [1.54, 1.807) is 0 Å². The van der Waals surface area contributed by atoms with Gasteiger partial charge in [-0.2, -0.15) is 16.8 Å². The summed E-state index contributed by atoms with van der Waals surface area (Å²) in [5, 5.41) is -0.130. The number of benzene rings is 2. The molecule has 0 saturated heterocycles. The Morgan fingerprint density at radius 3 is 2.12 bits per heavy atom. The minimum atomic E-state index is -4.88. The average molecular weight is 371 g/mol. The molecule has 0 aliphatic carbocycles. The average Bonchev–Trinajstić information content (AvgIpc) is 2.41. The molecule has 128 valence electrons. The molecule has 0 aliphatic heterocycles. The molecule has 0 unspecified atom stereocenters. The number of rotatable bonds is 4. The molecular weight excluding hydrogens is 358 g/mol. The topological polar surface area (TPSA) is 152 Å². The van der Waals surface area contributed by atoms with Gasteiger partial charge in [0.2, 0.25) is 0 Å². The molecule has 0 aliphatic rings. The number of carbonyl (C=O) groups is 1. The lowest BCUT2D eigenvalue weighted by atomic mass is 9.95. The van der Waals surface area contributed by atoms with Gasteiger partial charge in [-0.3, -0.25) is 13.9 Å². The van der Waals surface area contributed by atoms with Gasteiger partial charge in [-0.25, -0.2) is 0 Å². The maximum atomic E-state index is 11.8. The van der Waals surface area contributed by atoms with Gasteiger partial charge in [0.15, 0.2) is 5.78 Å². The van der Waals surface area contributed by atoms with Gasteiger partial charge in [0, 0.05) is 16.6 Å². The van der Waals surface area contributed by atoms with E-state index < -0.39 is 35.8 Å². The summed E-state index contributed by atoms with van der Waals surface area (Å²) in [6, 6.07) is 2.76. The summed E-state index contributed by atoms with van der Waals surface area (Å²) >= 11 is 0. The summed E-state index contributed by atoms with van der Waals surface area (Å²) in [5.74, 6) is -0.468. The minimum Gasteiger partial charge on any atom is -0.398 e. The van der Waals surface area contributed by atoms with E-state index in [4.69, 9.17) is 10.3 Å². The number of anilines is 1. The molecule has 0 radical (unpaired) electrons. The molecule has 0 heterocycles. The summed E-state index contributed by atoms with van der Waals surface area (Å²) in [6.07, 6.45) is 1.18. The van der Waals surface area contributed by atoms with Crippen molar-refractivity contribution in [1.82, 2.24) is 0 Å². The normalized spacial score (nSPS) is 12.3. The molecule has 0 saturated carbocycles. The van der Waals surface area contributed by atoms with Crippen LogP contribution in [0.4, 0.5) is 5.69 Å². The van der Waals surface area contributed by atoms with Crippen molar-refractivity contribution in [2.75, 3.05) is 5.73 Å². The summed E-state index contributed by atoms with van der Waals surface area (Å²) in [7, 11) is -9.62. The first-order chi connectivity index (χ1) is 10.9. The monoisotopic (exact) mass is 371 g/mol. The van der Waals surface area contributed by atoms with E-state index in [0.29, 0.717) is 6.07 Å². The number of Topliss-reactive ketones (excluding diaryl/α,β-unsaturated/α-hetero) is 1. The molecular formula is C14H13NO7S2. The Kier molecular flexibility index (Phi) is 4.27. The molecule has 2 aromatic rings. The maximum Gasteiger partial charge on any atom is 0.295 e. The standard InChI is InChI=1S/C14H13NO7S2/c1-3-10-13(7(2)16)11(15)5-8-4-9(23(17,18)19)6-12(14(8)10)24(20,21)22/h3-6H,1,15H2,2H3,(H,17,18,19)(H,20,21,22). The Morgan fingerprint density at radius 2 is 1.71 bits per heavy atom. The van der Waals surface area contributed by atoms with Crippen LogP contribution in [0, 0.1) is 0 Å². The van der Waals surface area contributed by atoms with Crippen molar-refractivity contribution in [1.29, 1.82) is 0 Å². The Hall–Kier alpha value is -2.27. The molecule has 0 bridgehead atoms. The highest BCUT2D eigenvalue weighted by molar-refractivity contribution is 7.86. The molecule has 2 rings (SSSR count). The highest BCUT2D eigenvalue weighted by Gasteiger charge is 2.24. The van der Waals surface area contributed by atoms with Crippen molar-refractivity contribution in [2.45, 2.75) is 16.7 Å². The van der Waals surface area contributed by atoms with E-state index in [2.05, 4.69) is 6.58 Å². The van der Waals surface area contributed by atoms with Gasteiger partial charge in [0.25, 0.3) is 20.2 Å². The largest absolute Gasteiger partial charge is 0.398 e. The van der Waals surface area contributed by atoms with Crippen LogP contribution in [0.15, 0.2) is 34.6 Å². The SMILES string of the molecule is C=Cc1c(C(C)=O)c(N)cc2cc(S(=O)(=O)O)cc(S(=O)(=O)O)c12. The van der Waals surface area contributed by atoms with E-state index in [1.165, 1.54) is 19.1 Å². The second-order valence-corrected chi connectivity index (χ2v) is 7.80. The van der Waals surface area contributed by atoms with Gasteiger partial charge < -0.3 is 5.73 Å². The van der Waals surface area contributed by atoms with Crippen molar-refractivity contribution < 1.29 is 30.7 Å². The third-order valence-electron chi connectivity index (χ3n) is 3.38. The Labute approximate surface area is 138 Å². The van der Waals surface area contributed by atoms with Crippen LogP contribution in [-0.2, 0) is 20.2 Å². The zero-order valence-corrected chi connectivity index (χ0v) is 14.0. The number of hydrogen-bond acceptors (Lipinski definition) is 6. The Balaban J connectivity index is 3.23. The Morgan fingerprint density at radius 1 is 1.12 bits per heavy atom. The zero-order valence-electron chi connectivity index (χ0n) is 12.3. The van der Waals surface area contributed by atoms with Crippen molar-refractivity contribution in [3.63, 3.8) is 0 Å². The number of ketones is 1. The van der Waals surface area contributed by atoms with Crippen LogP contribution in [0.2, 0.25) is 0 Å². The highest BCUT2D eigenvalue weighted by Crippen LogP contribution is 2.35. The summed E-state index contributed by atoms with van der Waals surface area (Å²) in [5.41, 5.74) is 5.78. The third-order valence-corrected chi connectivity index (χ3v) is 5.09. The number of nitrogen functional groups attached to an aromatic ring is 1. The van der Waals surface area contributed by atoms with Crippen LogP contribution in [0.25, 0.3) is 16.8 Å². The molecule has 0 amide bonds. The van der Waals surface area contributed by atoms with E-state index in [9.17, 15) is 26.2 Å². The predicted octanol–water partition coefficient (Wildman–Crippen LogP) is 1.76. The first-order valence-corrected chi connectivity index (χ1v) is 9.24. The molecule has 24 heavy (non-hydrogen) atoms. The summed E-state index contributed by atoms with van der Waals surface area (Å²) in [4.78, 5) is 10.3. The molecule has 4 N–H and O–H groups in total. The highest BCUT2D eigenvalue weighted by atomic mass is 32.2. The minimum absolute atomic E-state index is 0.00449. The lowest BCUT2D eigenvalue weighted by Gasteiger charge is -2.14. The van der Waals surface area contributed by atoms with Gasteiger partial charge in [-0.1, -0.05) is 12.7 Å². The fourth-order valence-electron chi connectivity index (χ4n) is 2.48. The lowest BCUT2D eigenvalue weighted by molar-refractivity contribution is 0.101. The van der Waals surface area contributed by atoms with Crippen LogP contribution >= 0.6 is 0 Å². The molecule has 0 spiro atoms. The zero-order chi connectivity index (χ0) is 18.4. The fraction of sp³-hybridized carbons (Fsp3) is 0.0714. The van der Waals surface area contributed by atoms with Crippen LogP contribution in [0.5, 0.6) is 0 Å². The summed E-state index contributed by atoms with van der Waals surface area (Å²) in [6.45, 7) is 4.72. The van der Waals surface area contributed by atoms with Gasteiger partial charge >= 0.3 is 0 Å². The number of fused-ring (bicyclic) bond motifs is 1. The van der Waals surface area contributed by atoms with Crippen LogP contribution in [0.1, 0.15) is 22.8 Å². The van der Waals surface area contributed by atoms with E-state index in [-0.39, 0.29) is 27.6 Å². The van der Waals surface area contributed by atoms with Crippen molar-refractivity contribution in [3.8, 4) is 0 Å². The van der Waals surface area contributed by atoms with Crippen molar-refractivity contribution in [3.05, 3.63) is 35.9 Å². The van der Waals surface area contributed by atoms with Gasteiger partial charge in [0.05, 0.1) is 4.90 Å². The number of carbonyl (C=O) groups excluding carboxylic acids is 1.